The van der Waals surface area contributed by atoms with Crippen LogP contribution in [0.4, 0.5) is 4.79 Å². The normalized spacial score (nSPS) is 21.3. The number of amides is 2. The van der Waals surface area contributed by atoms with Gasteiger partial charge < -0.3 is 9.64 Å². The molecule has 0 N–H and O–H groups in total. The van der Waals surface area contributed by atoms with Gasteiger partial charge in [0.25, 0.3) is 0 Å². The summed E-state index contributed by atoms with van der Waals surface area (Å²) in [5.74, 6) is 0.0501. The van der Waals surface area contributed by atoms with Gasteiger partial charge in [-0.3, -0.25) is 4.79 Å². The number of rotatable bonds is 3. The van der Waals surface area contributed by atoms with Gasteiger partial charge in [0.2, 0.25) is 5.91 Å². The number of hydrogen-bond acceptors (Lipinski definition) is 4. The molecular weight excluding hydrogens is 284 g/mol. The Bertz CT molecular complexity index is 573. The Hall–Kier alpha value is -2.34. The Kier molecular flexibility index (Phi) is 4.39. The molecule has 3 rings (SSSR count). The van der Waals surface area contributed by atoms with Gasteiger partial charge >= 0.3 is 6.09 Å². The van der Waals surface area contributed by atoms with E-state index in [1.54, 1.807) is 11.0 Å². The molecule has 0 aromatic heterocycles. The Morgan fingerprint density at radius 2 is 2.14 bits per heavy atom. The molecule has 2 aliphatic heterocycles. The SMILES string of the molecule is O=C(OCc1ccccc1)N1CC=CC(N2CCCC2=O)O1. The lowest BCUT2D eigenvalue weighted by Gasteiger charge is -2.32. The second kappa shape index (κ2) is 6.62. The third kappa shape index (κ3) is 3.28. The molecule has 0 radical (unpaired) electrons. The van der Waals surface area contributed by atoms with Crippen molar-refractivity contribution in [1.29, 1.82) is 0 Å². The molecule has 1 unspecified atom stereocenters. The zero-order valence-corrected chi connectivity index (χ0v) is 12.2. The summed E-state index contributed by atoms with van der Waals surface area (Å²) in [5, 5.41) is 1.15. The van der Waals surface area contributed by atoms with E-state index in [4.69, 9.17) is 9.57 Å². The Morgan fingerprint density at radius 3 is 2.86 bits per heavy atom. The van der Waals surface area contributed by atoms with E-state index in [0.717, 1.165) is 17.0 Å². The van der Waals surface area contributed by atoms with E-state index in [9.17, 15) is 9.59 Å². The van der Waals surface area contributed by atoms with Crippen LogP contribution >= 0.6 is 0 Å². The van der Waals surface area contributed by atoms with Crippen LogP contribution < -0.4 is 0 Å². The molecule has 2 amide bonds. The lowest BCUT2D eigenvalue weighted by atomic mass is 10.2. The maximum Gasteiger partial charge on any atom is 0.434 e. The monoisotopic (exact) mass is 302 g/mol. The smallest absolute Gasteiger partial charge is 0.434 e. The third-order valence-electron chi connectivity index (χ3n) is 3.63. The minimum atomic E-state index is -0.551. The number of carbonyl (C=O) groups excluding carboxylic acids is 2. The highest BCUT2D eigenvalue weighted by molar-refractivity contribution is 5.78. The number of likely N-dealkylation sites (tertiary alicyclic amines) is 1. The van der Waals surface area contributed by atoms with Gasteiger partial charge in [-0.1, -0.05) is 36.4 Å². The van der Waals surface area contributed by atoms with E-state index >= 15 is 0 Å². The first-order chi connectivity index (χ1) is 10.7. The van der Waals surface area contributed by atoms with E-state index in [2.05, 4.69) is 0 Å². The summed E-state index contributed by atoms with van der Waals surface area (Å²) in [7, 11) is 0. The standard InChI is InChI=1S/C16H18N2O4/c19-14-8-4-10-17(14)15-9-5-11-18(22-15)16(20)21-12-13-6-2-1-3-7-13/h1-3,5-7,9,15H,4,8,10-12H2. The van der Waals surface area contributed by atoms with Gasteiger partial charge in [-0.25, -0.2) is 9.63 Å². The molecule has 1 atom stereocenters. The molecule has 1 aromatic rings. The fourth-order valence-electron chi connectivity index (χ4n) is 2.49. The molecule has 2 heterocycles. The van der Waals surface area contributed by atoms with Crippen molar-refractivity contribution in [2.24, 2.45) is 0 Å². The van der Waals surface area contributed by atoms with Gasteiger partial charge in [-0.2, -0.15) is 5.06 Å². The van der Waals surface area contributed by atoms with Crippen LogP contribution in [0.2, 0.25) is 0 Å². The van der Waals surface area contributed by atoms with Crippen LogP contribution in [0.3, 0.4) is 0 Å². The Labute approximate surface area is 128 Å². The lowest BCUT2D eigenvalue weighted by molar-refractivity contribution is -0.203. The summed E-state index contributed by atoms with van der Waals surface area (Å²) in [6.07, 6.45) is 3.89. The van der Waals surface area contributed by atoms with Crippen LogP contribution in [0.15, 0.2) is 42.5 Å². The van der Waals surface area contributed by atoms with E-state index in [1.807, 2.05) is 36.4 Å². The number of benzene rings is 1. The van der Waals surface area contributed by atoms with Crippen LogP contribution in [0.1, 0.15) is 18.4 Å². The van der Waals surface area contributed by atoms with E-state index in [1.165, 1.54) is 0 Å². The molecule has 6 heteroatoms. The van der Waals surface area contributed by atoms with Crippen molar-refractivity contribution in [3.8, 4) is 0 Å². The summed E-state index contributed by atoms with van der Waals surface area (Å²) in [6.45, 7) is 1.16. The van der Waals surface area contributed by atoms with Crippen LogP contribution in [0, 0.1) is 0 Å². The summed E-state index contributed by atoms with van der Waals surface area (Å²) >= 11 is 0. The lowest BCUT2D eigenvalue weighted by Crippen LogP contribution is -2.46. The van der Waals surface area contributed by atoms with Crippen LogP contribution in [0.5, 0.6) is 0 Å². The largest absolute Gasteiger partial charge is 0.443 e. The molecule has 0 saturated carbocycles. The highest BCUT2D eigenvalue weighted by atomic mass is 16.7. The zero-order valence-electron chi connectivity index (χ0n) is 12.2. The van der Waals surface area contributed by atoms with Crippen molar-refractivity contribution in [2.45, 2.75) is 25.7 Å². The van der Waals surface area contributed by atoms with Gasteiger partial charge in [0, 0.05) is 13.0 Å². The van der Waals surface area contributed by atoms with E-state index in [0.29, 0.717) is 19.5 Å². The first-order valence-corrected chi connectivity index (χ1v) is 7.35. The molecule has 1 fully saturated rings. The minimum Gasteiger partial charge on any atom is -0.443 e. The number of ether oxygens (including phenoxy) is 1. The van der Waals surface area contributed by atoms with Crippen molar-refractivity contribution in [2.75, 3.05) is 13.1 Å². The summed E-state index contributed by atoms with van der Waals surface area (Å²) in [4.78, 5) is 31.0. The fraction of sp³-hybridized carbons (Fsp3) is 0.375. The molecule has 0 spiro atoms. The van der Waals surface area contributed by atoms with Crippen molar-refractivity contribution in [3.05, 3.63) is 48.0 Å². The van der Waals surface area contributed by atoms with Crippen molar-refractivity contribution in [3.63, 3.8) is 0 Å². The topological polar surface area (TPSA) is 59.1 Å². The molecule has 116 valence electrons. The molecule has 0 aliphatic carbocycles. The van der Waals surface area contributed by atoms with E-state index < -0.39 is 12.3 Å². The molecule has 22 heavy (non-hydrogen) atoms. The molecule has 1 saturated heterocycles. The average Bonchev–Trinajstić information content (AvgIpc) is 3.00. The number of hydroxylamine groups is 2. The number of nitrogens with zero attached hydrogens (tertiary/aromatic N) is 2. The maximum absolute atomic E-state index is 12.1. The highest BCUT2D eigenvalue weighted by Crippen LogP contribution is 2.19. The summed E-state index contributed by atoms with van der Waals surface area (Å²) in [5.41, 5.74) is 0.912. The second-order valence-corrected chi connectivity index (χ2v) is 5.22. The highest BCUT2D eigenvalue weighted by Gasteiger charge is 2.32. The second-order valence-electron chi connectivity index (χ2n) is 5.22. The summed E-state index contributed by atoms with van der Waals surface area (Å²) in [6, 6.07) is 9.45. The molecular formula is C16H18N2O4. The summed E-state index contributed by atoms with van der Waals surface area (Å²) < 4.78 is 5.23. The molecule has 0 bridgehead atoms. The average molecular weight is 302 g/mol. The van der Waals surface area contributed by atoms with E-state index in [-0.39, 0.29) is 12.5 Å². The van der Waals surface area contributed by atoms with Crippen LogP contribution in [-0.4, -0.2) is 41.3 Å². The molecule has 2 aliphatic rings. The van der Waals surface area contributed by atoms with Gasteiger partial charge in [0.15, 0.2) is 6.23 Å². The predicted octanol–water partition coefficient (Wildman–Crippen LogP) is 2.08. The van der Waals surface area contributed by atoms with Gasteiger partial charge in [-0.15, -0.1) is 0 Å². The van der Waals surface area contributed by atoms with Gasteiger partial charge in [0.1, 0.15) is 6.61 Å². The number of hydrogen-bond donors (Lipinski definition) is 0. The predicted molar refractivity (Wildman–Crippen MR) is 78.3 cm³/mol. The maximum atomic E-state index is 12.1. The minimum absolute atomic E-state index is 0.0501. The first kappa shape index (κ1) is 14.6. The van der Waals surface area contributed by atoms with Crippen molar-refractivity contribution >= 4 is 12.0 Å². The first-order valence-electron chi connectivity index (χ1n) is 7.35. The molecule has 6 nitrogen and oxygen atoms in total. The quantitative estimate of drug-likeness (QED) is 0.802. The third-order valence-corrected chi connectivity index (χ3v) is 3.63. The van der Waals surface area contributed by atoms with Crippen molar-refractivity contribution < 1.29 is 19.2 Å². The van der Waals surface area contributed by atoms with Crippen LogP contribution in [-0.2, 0) is 21.0 Å². The fourth-order valence-corrected chi connectivity index (χ4v) is 2.49. The van der Waals surface area contributed by atoms with Gasteiger partial charge in [0.05, 0.1) is 6.54 Å². The number of carbonyl (C=O) groups is 2. The Balaban J connectivity index is 1.55. The molecule has 1 aromatic carbocycles. The van der Waals surface area contributed by atoms with Gasteiger partial charge in [-0.05, 0) is 18.1 Å². The van der Waals surface area contributed by atoms with Crippen molar-refractivity contribution in [1.82, 2.24) is 9.96 Å². The van der Waals surface area contributed by atoms with Crippen LogP contribution in [0.25, 0.3) is 0 Å². The Morgan fingerprint density at radius 1 is 1.32 bits per heavy atom. The zero-order chi connectivity index (χ0) is 15.4.